The van der Waals surface area contributed by atoms with Crippen molar-refractivity contribution in [2.24, 2.45) is 17.3 Å². The number of likely N-dealkylation sites (tertiary alicyclic amines) is 1. The number of benzene rings is 2. The molecule has 43 heavy (non-hydrogen) atoms. The first-order valence-electron chi connectivity index (χ1n) is 15.1. The molecule has 2 aromatic rings. The third kappa shape index (κ3) is 5.64. The van der Waals surface area contributed by atoms with Gasteiger partial charge in [0, 0.05) is 12.6 Å². The first-order valence-corrected chi connectivity index (χ1v) is 15.1. The van der Waals surface area contributed by atoms with Gasteiger partial charge < -0.3 is 9.47 Å². The van der Waals surface area contributed by atoms with Gasteiger partial charge in [0.2, 0.25) is 0 Å². The summed E-state index contributed by atoms with van der Waals surface area (Å²) in [4.78, 5) is 14.3. The Bertz CT molecular complexity index is 1390. The topological polar surface area (TPSA) is 38.8 Å². The first kappa shape index (κ1) is 30.3. The maximum atomic E-state index is 13.8. The third-order valence-corrected chi connectivity index (χ3v) is 10.4. The Morgan fingerprint density at radius 1 is 1.00 bits per heavy atom. The van der Waals surface area contributed by atoms with Crippen molar-refractivity contribution in [2.75, 3.05) is 20.2 Å². The van der Waals surface area contributed by atoms with Crippen LogP contribution in [0.1, 0.15) is 92.1 Å². The van der Waals surface area contributed by atoms with Gasteiger partial charge in [-0.2, -0.15) is 26.3 Å². The zero-order valence-electron chi connectivity index (χ0n) is 24.6. The number of hydrogen-bond acceptors (Lipinski definition) is 4. The summed E-state index contributed by atoms with van der Waals surface area (Å²) in [6, 6.07) is 7.19. The molecule has 2 saturated carbocycles. The molecule has 2 heterocycles. The zero-order valence-corrected chi connectivity index (χ0v) is 24.6. The predicted octanol–water partition coefficient (Wildman–Crippen LogP) is 8.34. The van der Waals surface area contributed by atoms with Gasteiger partial charge in [0.05, 0.1) is 24.2 Å². The molecular formula is C33H37F6NO3. The highest BCUT2D eigenvalue weighted by molar-refractivity contribution is 5.73. The molecule has 0 radical (unpaired) electrons. The molecule has 2 aliphatic carbocycles. The van der Waals surface area contributed by atoms with Crippen LogP contribution in [0.3, 0.4) is 0 Å². The fraction of sp³-hybridized carbons (Fsp3) is 0.606. The lowest BCUT2D eigenvalue weighted by Gasteiger charge is -2.56. The smallest absolute Gasteiger partial charge is 0.416 e. The number of carbonyl (C=O) groups excluding carboxylic acids is 1. The quantitative estimate of drug-likeness (QED) is 0.244. The molecule has 2 spiro atoms. The molecule has 10 heteroatoms. The number of carbonyl (C=O) groups is 1. The number of halogens is 6. The Labute approximate surface area is 247 Å². The van der Waals surface area contributed by atoms with E-state index in [2.05, 4.69) is 18.2 Å². The summed E-state index contributed by atoms with van der Waals surface area (Å²) in [5.41, 5.74) is -0.726. The van der Waals surface area contributed by atoms with Gasteiger partial charge in [-0.3, -0.25) is 9.69 Å². The summed E-state index contributed by atoms with van der Waals surface area (Å²) in [6.07, 6.45) is -3.35. The van der Waals surface area contributed by atoms with Crippen LogP contribution < -0.4 is 4.74 Å². The van der Waals surface area contributed by atoms with Gasteiger partial charge in [-0.25, -0.2) is 0 Å². The fourth-order valence-electron chi connectivity index (χ4n) is 8.18. The van der Waals surface area contributed by atoms with Crippen molar-refractivity contribution < 1.29 is 40.6 Å². The summed E-state index contributed by atoms with van der Waals surface area (Å²) in [5.74, 6) is 0.858. The largest absolute Gasteiger partial charge is 0.487 e. The minimum Gasteiger partial charge on any atom is -0.487 e. The maximum absolute atomic E-state index is 13.8. The zero-order chi connectivity index (χ0) is 30.9. The lowest BCUT2D eigenvalue weighted by Crippen LogP contribution is -2.58. The van der Waals surface area contributed by atoms with Crippen LogP contribution in [0.25, 0.3) is 0 Å². The van der Waals surface area contributed by atoms with Crippen molar-refractivity contribution in [3.63, 3.8) is 0 Å². The number of rotatable bonds is 6. The van der Waals surface area contributed by atoms with Crippen molar-refractivity contribution >= 4 is 5.97 Å². The van der Waals surface area contributed by atoms with Crippen LogP contribution in [-0.4, -0.2) is 36.7 Å². The molecule has 2 aromatic carbocycles. The number of methoxy groups -OCH3 is 1. The Hall–Kier alpha value is -2.75. The van der Waals surface area contributed by atoms with E-state index < -0.39 is 29.5 Å². The van der Waals surface area contributed by atoms with Crippen LogP contribution in [0, 0.1) is 17.3 Å². The van der Waals surface area contributed by atoms with E-state index in [1.807, 2.05) is 11.8 Å². The summed E-state index contributed by atoms with van der Waals surface area (Å²) in [5, 5.41) is 0. The van der Waals surface area contributed by atoms with Gasteiger partial charge in [-0.1, -0.05) is 19.1 Å². The fourth-order valence-corrected chi connectivity index (χ4v) is 8.18. The first-order chi connectivity index (χ1) is 20.1. The summed E-state index contributed by atoms with van der Waals surface area (Å²) < 4.78 is 93.3. The highest BCUT2D eigenvalue weighted by Gasteiger charge is 2.60. The lowest BCUT2D eigenvalue weighted by molar-refractivity contribution is -0.146. The SMILES string of the molecule is COC(=O)[C@@H](C)[C@H](c1ccc2c(c1)OC1(CC2)CC2(CCN([C@@H](C)c3cc(C(F)(F)F)ccc3C(F)(F)F)C2)C1)C1CC1. The molecule has 0 bridgehead atoms. The van der Waals surface area contributed by atoms with E-state index in [1.165, 1.54) is 7.11 Å². The summed E-state index contributed by atoms with van der Waals surface area (Å²) in [7, 11) is 1.41. The molecule has 0 unspecified atom stereocenters. The monoisotopic (exact) mass is 609 g/mol. The standard InChI is InChI=1S/C33H37F6NO3/c1-19(29(41)42-3)28(22-5-6-22)23-7-4-21-10-11-31(43-27(21)14-23)16-30(17-31)12-13-40(18-30)20(2)25-15-24(32(34,35)36)8-9-26(25)33(37,38)39/h4,7-9,14-15,19-20,22,28H,5-6,10-13,16-18H2,1-3H3/t19-,20-,28-,30?,31?/m0/s1. The van der Waals surface area contributed by atoms with Gasteiger partial charge in [-0.05, 0) is 117 Å². The number of esters is 1. The molecule has 6 rings (SSSR count). The minimum atomic E-state index is -4.75. The van der Waals surface area contributed by atoms with Crippen LogP contribution in [-0.2, 0) is 28.3 Å². The van der Waals surface area contributed by atoms with Crippen LogP contribution in [0.2, 0.25) is 0 Å². The van der Waals surface area contributed by atoms with Crippen molar-refractivity contribution in [3.8, 4) is 5.75 Å². The van der Waals surface area contributed by atoms with Gasteiger partial charge in [0.15, 0.2) is 0 Å². The van der Waals surface area contributed by atoms with Crippen LogP contribution in [0.5, 0.6) is 5.75 Å². The number of alkyl halides is 6. The second-order valence-corrected chi connectivity index (χ2v) is 13.4. The molecule has 4 aliphatic rings. The number of aryl methyl sites for hydroxylation is 1. The van der Waals surface area contributed by atoms with Crippen molar-refractivity contribution in [2.45, 2.75) is 88.7 Å². The van der Waals surface area contributed by atoms with Gasteiger partial charge in [-0.15, -0.1) is 0 Å². The van der Waals surface area contributed by atoms with Crippen molar-refractivity contribution in [1.82, 2.24) is 4.90 Å². The van der Waals surface area contributed by atoms with E-state index in [-0.39, 0.29) is 34.4 Å². The van der Waals surface area contributed by atoms with E-state index in [0.29, 0.717) is 37.2 Å². The maximum Gasteiger partial charge on any atom is 0.416 e. The number of nitrogens with zero attached hydrogens (tertiary/aromatic N) is 1. The Morgan fingerprint density at radius 3 is 2.35 bits per heavy atom. The van der Waals surface area contributed by atoms with Gasteiger partial charge in [0.1, 0.15) is 11.4 Å². The van der Waals surface area contributed by atoms with Crippen LogP contribution in [0.4, 0.5) is 26.3 Å². The van der Waals surface area contributed by atoms with Crippen molar-refractivity contribution in [1.29, 1.82) is 0 Å². The second-order valence-electron chi connectivity index (χ2n) is 13.4. The molecular weight excluding hydrogens is 572 g/mol. The average Bonchev–Trinajstić information content (AvgIpc) is 3.68. The molecule has 3 atom stereocenters. The predicted molar refractivity (Wildman–Crippen MR) is 147 cm³/mol. The van der Waals surface area contributed by atoms with E-state index in [9.17, 15) is 31.1 Å². The summed E-state index contributed by atoms with van der Waals surface area (Å²) >= 11 is 0. The average molecular weight is 610 g/mol. The van der Waals surface area contributed by atoms with E-state index in [0.717, 1.165) is 61.8 Å². The van der Waals surface area contributed by atoms with Gasteiger partial charge in [0.25, 0.3) is 0 Å². The van der Waals surface area contributed by atoms with E-state index >= 15 is 0 Å². The molecule has 234 valence electrons. The van der Waals surface area contributed by atoms with Crippen LogP contribution >= 0.6 is 0 Å². The normalized spacial score (nSPS) is 27.7. The Morgan fingerprint density at radius 2 is 1.72 bits per heavy atom. The molecule has 4 nitrogen and oxygen atoms in total. The second kappa shape index (κ2) is 10.4. The van der Waals surface area contributed by atoms with Crippen LogP contribution in [0.15, 0.2) is 36.4 Å². The number of ether oxygens (including phenoxy) is 2. The van der Waals surface area contributed by atoms with Crippen molar-refractivity contribution in [3.05, 3.63) is 64.2 Å². The lowest BCUT2D eigenvalue weighted by atomic mass is 9.56. The molecule has 2 aliphatic heterocycles. The van der Waals surface area contributed by atoms with Gasteiger partial charge >= 0.3 is 18.3 Å². The highest BCUT2D eigenvalue weighted by Crippen LogP contribution is 2.60. The number of fused-ring (bicyclic) bond motifs is 1. The molecule has 3 fully saturated rings. The molecule has 1 saturated heterocycles. The molecule has 0 aromatic heterocycles. The highest BCUT2D eigenvalue weighted by atomic mass is 19.4. The summed E-state index contributed by atoms with van der Waals surface area (Å²) in [6.45, 7) is 4.51. The Kier molecular flexibility index (Phi) is 7.34. The molecule has 0 N–H and O–H groups in total. The third-order valence-electron chi connectivity index (χ3n) is 10.4. The van der Waals surface area contributed by atoms with E-state index in [4.69, 9.17) is 9.47 Å². The Balaban J connectivity index is 1.17. The number of hydrogen-bond donors (Lipinski definition) is 0. The van der Waals surface area contributed by atoms with E-state index in [1.54, 1.807) is 6.92 Å². The minimum absolute atomic E-state index is 0.0641. The molecule has 0 amide bonds.